The fourth-order valence-corrected chi connectivity index (χ4v) is 2.35. The molecule has 0 fully saturated rings. The van der Waals surface area contributed by atoms with Crippen molar-refractivity contribution in [3.05, 3.63) is 47.7 Å². The summed E-state index contributed by atoms with van der Waals surface area (Å²) in [5, 5.41) is 2.93. The number of oxazole rings is 1. The third kappa shape index (κ3) is 4.59. The van der Waals surface area contributed by atoms with Crippen molar-refractivity contribution in [1.29, 1.82) is 0 Å². The fourth-order valence-electron chi connectivity index (χ4n) is 2.35. The van der Waals surface area contributed by atoms with Crippen LogP contribution >= 0.6 is 0 Å². The summed E-state index contributed by atoms with van der Waals surface area (Å²) in [4.78, 5) is 29.8. The third-order valence-corrected chi connectivity index (χ3v) is 3.78. The smallest absolute Gasteiger partial charge is 0.360 e. The molecule has 25 heavy (non-hydrogen) atoms. The minimum atomic E-state index is -0.576. The van der Waals surface area contributed by atoms with E-state index in [1.165, 1.54) is 13.4 Å². The standard InChI is InChI=1S/C18H23N3O4/c1-5-13-8-6-7-9-14(13)20-18(23)21(12(2)3)10-16-19-15(11-25-16)17(22)24-4/h6-9,11-12H,5,10H2,1-4H3,(H,20,23). The largest absolute Gasteiger partial charge is 0.464 e. The first-order valence-corrected chi connectivity index (χ1v) is 8.14. The van der Waals surface area contributed by atoms with Crippen molar-refractivity contribution < 1.29 is 18.7 Å². The van der Waals surface area contributed by atoms with E-state index >= 15 is 0 Å². The van der Waals surface area contributed by atoms with Crippen LogP contribution in [0.5, 0.6) is 0 Å². The van der Waals surface area contributed by atoms with Gasteiger partial charge in [0.05, 0.1) is 13.7 Å². The van der Waals surface area contributed by atoms with Gasteiger partial charge in [0.15, 0.2) is 5.69 Å². The average Bonchev–Trinajstić information content (AvgIpc) is 3.07. The molecule has 0 saturated carbocycles. The van der Waals surface area contributed by atoms with Gasteiger partial charge < -0.3 is 19.4 Å². The zero-order valence-electron chi connectivity index (χ0n) is 14.9. The van der Waals surface area contributed by atoms with Gasteiger partial charge in [-0.15, -0.1) is 0 Å². The maximum absolute atomic E-state index is 12.7. The number of rotatable bonds is 6. The Morgan fingerprint density at radius 1 is 1.32 bits per heavy atom. The van der Waals surface area contributed by atoms with Crippen molar-refractivity contribution in [2.24, 2.45) is 0 Å². The number of nitrogens with zero attached hydrogens (tertiary/aromatic N) is 2. The molecule has 134 valence electrons. The fraction of sp³-hybridized carbons (Fsp3) is 0.389. The van der Waals surface area contributed by atoms with Crippen molar-refractivity contribution in [2.75, 3.05) is 12.4 Å². The van der Waals surface area contributed by atoms with E-state index in [2.05, 4.69) is 15.0 Å². The number of methoxy groups -OCH3 is 1. The Balaban J connectivity index is 2.13. The van der Waals surface area contributed by atoms with Gasteiger partial charge in [-0.3, -0.25) is 0 Å². The predicted octanol–water partition coefficient (Wildman–Crippen LogP) is 3.47. The van der Waals surface area contributed by atoms with Crippen LogP contribution in [0.2, 0.25) is 0 Å². The monoisotopic (exact) mass is 345 g/mol. The van der Waals surface area contributed by atoms with Gasteiger partial charge >= 0.3 is 12.0 Å². The first-order valence-electron chi connectivity index (χ1n) is 8.14. The summed E-state index contributed by atoms with van der Waals surface area (Å²) in [5.41, 5.74) is 1.92. The normalized spacial score (nSPS) is 10.6. The number of aromatic nitrogens is 1. The summed E-state index contributed by atoms with van der Waals surface area (Å²) in [6.45, 7) is 5.98. The van der Waals surface area contributed by atoms with Crippen LogP contribution in [0.4, 0.5) is 10.5 Å². The minimum absolute atomic E-state index is 0.0812. The molecule has 2 amide bonds. The van der Waals surface area contributed by atoms with Gasteiger partial charge in [-0.2, -0.15) is 0 Å². The van der Waals surface area contributed by atoms with Gasteiger partial charge in [0, 0.05) is 11.7 Å². The lowest BCUT2D eigenvalue weighted by Gasteiger charge is -2.26. The molecule has 0 aliphatic carbocycles. The molecule has 1 aromatic carbocycles. The van der Waals surface area contributed by atoms with Gasteiger partial charge in [0.2, 0.25) is 5.89 Å². The molecule has 2 aromatic rings. The van der Waals surface area contributed by atoms with E-state index in [1.807, 2.05) is 45.0 Å². The lowest BCUT2D eigenvalue weighted by molar-refractivity contribution is 0.0594. The number of aryl methyl sites for hydroxylation is 1. The van der Waals surface area contributed by atoms with Crippen molar-refractivity contribution in [1.82, 2.24) is 9.88 Å². The summed E-state index contributed by atoms with van der Waals surface area (Å²) < 4.78 is 9.88. The Morgan fingerprint density at radius 2 is 2.04 bits per heavy atom. The molecule has 0 bridgehead atoms. The molecule has 0 unspecified atom stereocenters. The maximum atomic E-state index is 12.7. The second-order valence-corrected chi connectivity index (χ2v) is 5.78. The molecule has 0 saturated heterocycles. The first kappa shape index (κ1) is 18.5. The lowest BCUT2D eigenvalue weighted by Crippen LogP contribution is -2.39. The number of hydrogen-bond donors (Lipinski definition) is 1. The molecule has 0 spiro atoms. The van der Waals surface area contributed by atoms with Crippen molar-refractivity contribution >= 4 is 17.7 Å². The maximum Gasteiger partial charge on any atom is 0.360 e. The highest BCUT2D eigenvalue weighted by molar-refractivity contribution is 5.90. The lowest BCUT2D eigenvalue weighted by atomic mass is 10.1. The number of ether oxygens (including phenoxy) is 1. The molecule has 7 nitrogen and oxygen atoms in total. The Labute approximate surface area is 147 Å². The van der Waals surface area contributed by atoms with Crippen molar-refractivity contribution in [2.45, 2.75) is 39.8 Å². The quantitative estimate of drug-likeness (QED) is 0.810. The number of carbonyl (C=O) groups excluding carboxylic acids is 2. The number of amides is 2. The molecule has 1 aromatic heterocycles. The summed E-state index contributed by atoms with van der Waals surface area (Å²) in [6, 6.07) is 7.33. The van der Waals surface area contributed by atoms with Crippen LogP contribution in [0.3, 0.4) is 0 Å². The minimum Gasteiger partial charge on any atom is -0.464 e. The average molecular weight is 345 g/mol. The summed E-state index contributed by atoms with van der Waals surface area (Å²) in [5.74, 6) is -0.305. The van der Waals surface area contributed by atoms with Crippen LogP contribution in [-0.4, -0.2) is 35.0 Å². The van der Waals surface area contributed by atoms with Crippen LogP contribution in [-0.2, 0) is 17.7 Å². The number of nitrogens with one attached hydrogen (secondary N) is 1. The Hall–Kier alpha value is -2.83. The van der Waals surface area contributed by atoms with Crippen LogP contribution in [0.25, 0.3) is 0 Å². The molecule has 0 atom stereocenters. The van der Waals surface area contributed by atoms with E-state index in [1.54, 1.807) is 4.90 Å². The molecule has 1 heterocycles. The highest BCUT2D eigenvalue weighted by Gasteiger charge is 2.21. The van der Waals surface area contributed by atoms with Crippen molar-refractivity contribution in [3.8, 4) is 0 Å². The molecule has 0 aliphatic heterocycles. The molecule has 2 rings (SSSR count). The number of carbonyl (C=O) groups is 2. The summed E-state index contributed by atoms with van der Waals surface area (Å²) >= 11 is 0. The molecular formula is C18H23N3O4. The Bertz CT molecular complexity index is 739. The van der Waals surface area contributed by atoms with Gasteiger partial charge in [-0.1, -0.05) is 25.1 Å². The van der Waals surface area contributed by atoms with E-state index in [-0.39, 0.29) is 30.2 Å². The van der Waals surface area contributed by atoms with Gasteiger partial charge in [-0.05, 0) is 31.9 Å². The SMILES string of the molecule is CCc1ccccc1NC(=O)N(Cc1nc(C(=O)OC)co1)C(C)C. The highest BCUT2D eigenvalue weighted by Crippen LogP contribution is 2.18. The van der Waals surface area contributed by atoms with Crippen LogP contribution in [0, 0.1) is 0 Å². The van der Waals surface area contributed by atoms with Gasteiger partial charge in [0.1, 0.15) is 6.26 Å². The van der Waals surface area contributed by atoms with Gasteiger partial charge in [-0.25, -0.2) is 14.6 Å². The van der Waals surface area contributed by atoms with Gasteiger partial charge in [0.25, 0.3) is 0 Å². The number of benzene rings is 1. The molecule has 1 N–H and O–H groups in total. The number of esters is 1. The third-order valence-electron chi connectivity index (χ3n) is 3.78. The van der Waals surface area contributed by atoms with E-state index < -0.39 is 5.97 Å². The van der Waals surface area contributed by atoms with Crippen molar-refractivity contribution in [3.63, 3.8) is 0 Å². The van der Waals surface area contributed by atoms with E-state index in [4.69, 9.17) is 4.42 Å². The predicted molar refractivity (Wildman–Crippen MR) is 93.4 cm³/mol. The van der Waals surface area contributed by atoms with E-state index in [9.17, 15) is 9.59 Å². The zero-order valence-corrected chi connectivity index (χ0v) is 14.9. The molecule has 0 radical (unpaired) electrons. The molecule has 7 heteroatoms. The molecule has 0 aliphatic rings. The van der Waals surface area contributed by atoms with Crippen LogP contribution < -0.4 is 5.32 Å². The first-order chi connectivity index (χ1) is 12.0. The Kier molecular flexibility index (Phi) is 6.16. The van der Waals surface area contributed by atoms with Crippen LogP contribution in [0.1, 0.15) is 42.7 Å². The highest BCUT2D eigenvalue weighted by atomic mass is 16.5. The zero-order chi connectivity index (χ0) is 18.4. The number of para-hydroxylation sites is 1. The number of hydrogen-bond acceptors (Lipinski definition) is 5. The number of urea groups is 1. The number of anilines is 1. The second kappa shape index (κ2) is 8.32. The van der Waals surface area contributed by atoms with Crippen LogP contribution in [0.15, 0.2) is 34.9 Å². The topological polar surface area (TPSA) is 84.7 Å². The summed E-state index contributed by atoms with van der Waals surface area (Å²) in [7, 11) is 1.27. The van der Waals surface area contributed by atoms with E-state index in [0.29, 0.717) is 0 Å². The summed E-state index contributed by atoms with van der Waals surface area (Å²) in [6.07, 6.45) is 2.05. The second-order valence-electron chi connectivity index (χ2n) is 5.78. The Morgan fingerprint density at radius 3 is 2.68 bits per heavy atom. The molecular weight excluding hydrogens is 322 g/mol. The van der Waals surface area contributed by atoms with E-state index in [0.717, 1.165) is 17.7 Å².